The summed E-state index contributed by atoms with van der Waals surface area (Å²) < 4.78 is 36.5. The van der Waals surface area contributed by atoms with Crippen molar-refractivity contribution in [1.82, 2.24) is 0 Å². The van der Waals surface area contributed by atoms with Gasteiger partial charge in [0.05, 0.1) is 4.90 Å². The second-order valence-corrected chi connectivity index (χ2v) is 7.87. The van der Waals surface area contributed by atoms with Crippen LogP contribution in [0.4, 0.5) is 0 Å². The standard InChI is InChI=1S/C15H18O5S/c1-15(2)19-11-8-9-12(13(16)14(11)20-15)21(17,18)10-6-4-3-5-7-10/h3-9,11-14,16H,1-2H3/t11-,12+,13-,14-/m1/s1. The zero-order valence-electron chi connectivity index (χ0n) is 11.8. The second kappa shape index (κ2) is 4.91. The van der Waals surface area contributed by atoms with Crippen molar-refractivity contribution in [2.45, 2.75) is 48.1 Å². The first-order valence-electron chi connectivity index (χ1n) is 6.82. The summed E-state index contributed by atoms with van der Waals surface area (Å²) in [7, 11) is -3.66. The minimum absolute atomic E-state index is 0.190. The Bertz CT molecular complexity index is 650. The molecule has 0 amide bonds. The third-order valence-electron chi connectivity index (χ3n) is 3.76. The lowest BCUT2D eigenvalue weighted by Gasteiger charge is -2.30. The number of fused-ring (bicyclic) bond motifs is 1. The van der Waals surface area contributed by atoms with E-state index in [-0.39, 0.29) is 4.90 Å². The molecule has 3 rings (SSSR count). The summed E-state index contributed by atoms with van der Waals surface area (Å²) >= 11 is 0. The van der Waals surface area contributed by atoms with E-state index in [4.69, 9.17) is 9.47 Å². The maximum Gasteiger partial charge on any atom is 0.187 e. The average molecular weight is 310 g/mol. The number of sulfone groups is 1. The van der Waals surface area contributed by atoms with E-state index in [1.165, 1.54) is 18.2 Å². The molecule has 21 heavy (non-hydrogen) atoms. The Labute approximate surface area is 124 Å². The highest BCUT2D eigenvalue weighted by molar-refractivity contribution is 7.92. The van der Waals surface area contributed by atoms with Crippen LogP contribution in [0, 0.1) is 0 Å². The van der Waals surface area contributed by atoms with E-state index in [9.17, 15) is 13.5 Å². The fraction of sp³-hybridized carbons (Fsp3) is 0.467. The third kappa shape index (κ3) is 2.53. The van der Waals surface area contributed by atoms with Crippen LogP contribution in [0.2, 0.25) is 0 Å². The molecule has 6 heteroatoms. The summed E-state index contributed by atoms with van der Waals surface area (Å²) in [6.07, 6.45) is 0.911. The topological polar surface area (TPSA) is 72.8 Å². The minimum atomic E-state index is -3.66. The first kappa shape index (κ1) is 14.7. The predicted molar refractivity (Wildman–Crippen MR) is 76.4 cm³/mol. The summed E-state index contributed by atoms with van der Waals surface area (Å²) in [5, 5.41) is 9.40. The molecule has 114 valence electrons. The van der Waals surface area contributed by atoms with Gasteiger partial charge in [-0.25, -0.2) is 8.42 Å². The molecule has 1 aliphatic heterocycles. The lowest BCUT2D eigenvalue weighted by molar-refractivity contribution is -0.152. The molecule has 1 aromatic carbocycles. The van der Waals surface area contributed by atoms with E-state index in [0.717, 1.165) is 0 Å². The van der Waals surface area contributed by atoms with Gasteiger partial charge in [-0.15, -0.1) is 0 Å². The molecule has 0 radical (unpaired) electrons. The van der Waals surface area contributed by atoms with Gasteiger partial charge in [-0.1, -0.05) is 30.4 Å². The van der Waals surface area contributed by atoms with Crippen molar-refractivity contribution < 1.29 is 23.0 Å². The molecule has 0 aromatic heterocycles. The van der Waals surface area contributed by atoms with Gasteiger partial charge in [0.15, 0.2) is 15.6 Å². The monoisotopic (exact) mass is 310 g/mol. The van der Waals surface area contributed by atoms with Crippen molar-refractivity contribution in [1.29, 1.82) is 0 Å². The quantitative estimate of drug-likeness (QED) is 0.833. The van der Waals surface area contributed by atoms with Gasteiger partial charge in [0.2, 0.25) is 0 Å². The van der Waals surface area contributed by atoms with Gasteiger partial charge >= 0.3 is 0 Å². The smallest absolute Gasteiger partial charge is 0.187 e. The van der Waals surface area contributed by atoms with Crippen molar-refractivity contribution in [3.8, 4) is 0 Å². The highest BCUT2D eigenvalue weighted by Crippen LogP contribution is 2.36. The van der Waals surface area contributed by atoms with Crippen LogP contribution in [-0.4, -0.2) is 42.9 Å². The zero-order chi connectivity index (χ0) is 15.3. The van der Waals surface area contributed by atoms with Crippen LogP contribution in [0.25, 0.3) is 0 Å². The fourth-order valence-corrected chi connectivity index (χ4v) is 4.47. The van der Waals surface area contributed by atoms with Crippen LogP contribution in [0.1, 0.15) is 13.8 Å². The minimum Gasteiger partial charge on any atom is -0.389 e. The first-order valence-corrected chi connectivity index (χ1v) is 8.37. The van der Waals surface area contributed by atoms with Gasteiger partial charge in [0, 0.05) is 0 Å². The SMILES string of the molecule is CC1(C)O[C@H]2[C@H](O)[C@@H](S(=O)(=O)c3ccccc3)C=C[C@H]2O1. The van der Waals surface area contributed by atoms with Crippen molar-refractivity contribution in [2.24, 2.45) is 0 Å². The van der Waals surface area contributed by atoms with E-state index in [1.807, 2.05) is 0 Å². The molecule has 0 unspecified atom stereocenters. The maximum atomic E-state index is 12.6. The Morgan fingerprint density at radius 2 is 1.76 bits per heavy atom. The number of hydrogen-bond donors (Lipinski definition) is 1. The summed E-state index contributed by atoms with van der Waals surface area (Å²) in [6, 6.07) is 8.12. The number of ether oxygens (including phenoxy) is 2. The predicted octanol–water partition coefficient (Wildman–Crippen LogP) is 1.28. The highest BCUT2D eigenvalue weighted by Gasteiger charge is 2.50. The Morgan fingerprint density at radius 3 is 2.43 bits per heavy atom. The fourth-order valence-electron chi connectivity index (χ4n) is 2.80. The molecule has 1 aromatic rings. The number of aliphatic hydroxyl groups excluding tert-OH is 1. The van der Waals surface area contributed by atoms with E-state index in [2.05, 4.69) is 0 Å². The number of hydrogen-bond acceptors (Lipinski definition) is 5. The molecule has 1 heterocycles. The first-order chi connectivity index (χ1) is 9.81. The molecular formula is C15H18O5S. The molecule has 1 saturated heterocycles. The van der Waals surface area contributed by atoms with E-state index in [0.29, 0.717) is 0 Å². The zero-order valence-corrected chi connectivity index (χ0v) is 12.7. The van der Waals surface area contributed by atoms with Crippen molar-refractivity contribution in [3.63, 3.8) is 0 Å². The molecule has 0 saturated carbocycles. The molecule has 0 bridgehead atoms. The summed E-state index contributed by atoms with van der Waals surface area (Å²) in [4.78, 5) is 0.190. The van der Waals surface area contributed by atoms with Crippen LogP contribution in [0.15, 0.2) is 47.4 Å². The molecule has 0 spiro atoms. The summed E-state index contributed by atoms with van der Waals surface area (Å²) in [5.41, 5.74) is 0. The molecular weight excluding hydrogens is 292 g/mol. The maximum absolute atomic E-state index is 12.6. The normalized spacial score (nSPS) is 34.6. The van der Waals surface area contributed by atoms with Crippen LogP contribution in [-0.2, 0) is 19.3 Å². The Kier molecular flexibility index (Phi) is 3.44. The molecule has 2 aliphatic rings. The molecule has 1 N–H and O–H groups in total. The van der Waals surface area contributed by atoms with Gasteiger partial charge in [-0.3, -0.25) is 0 Å². The lowest BCUT2D eigenvalue weighted by Crippen LogP contribution is -2.48. The van der Waals surface area contributed by atoms with Crippen molar-refractivity contribution >= 4 is 9.84 Å². The van der Waals surface area contributed by atoms with Gasteiger partial charge in [0.1, 0.15) is 23.6 Å². The van der Waals surface area contributed by atoms with E-state index < -0.39 is 39.2 Å². The summed E-state index contributed by atoms with van der Waals surface area (Å²) in [6.45, 7) is 3.49. The largest absolute Gasteiger partial charge is 0.389 e. The number of aliphatic hydroxyl groups is 1. The lowest BCUT2D eigenvalue weighted by atomic mass is 9.98. The Hall–Kier alpha value is -1.21. The average Bonchev–Trinajstić information content (AvgIpc) is 2.75. The van der Waals surface area contributed by atoms with Gasteiger partial charge in [-0.05, 0) is 26.0 Å². The third-order valence-corrected chi connectivity index (χ3v) is 5.84. The van der Waals surface area contributed by atoms with Crippen LogP contribution in [0.3, 0.4) is 0 Å². The molecule has 5 nitrogen and oxygen atoms in total. The van der Waals surface area contributed by atoms with Crippen molar-refractivity contribution in [3.05, 3.63) is 42.5 Å². The van der Waals surface area contributed by atoms with Crippen LogP contribution in [0.5, 0.6) is 0 Å². The van der Waals surface area contributed by atoms with Crippen molar-refractivity contribution in [2.75, 3.05) is 0 Å². The number of benzene rings is 1. The Morgan fingerprint density at radius 1 is 1.10 bits per heavy atom. The van der Waals surface area contributed by atoms with E-state index >= 15 is 0 Å². The molecule has 1 aliphatic carbocycles. The van der Waals surface area contributed by atoms with Crippen LogP contribution < -0.4 is 0 Å². The summed E-state index contributed by atoms with van der Waals surface area (Å²) in [5.74, 6) is -0.827. The van der Waals surface area contributed by atoms with Gasteiger partial charge < -0.3 is 14.6 Å². The molecule has 4 atom stereocenters. The highest BCUT2D eigenvalue weighted by atomic mass is 32.2. The second-order valence-electron chi connectivity index (χ2n) is 5.76. The van der Waals surface area contributed by atoms with Gasteiger partial charge in [-0.2, -0.15) is 0 Å². The molecule has 1 fully saturated rings. The van der Waals surface area contributed by atoms with E-state index in [1.54, 1.807) is 38.1 Å². The van der Waals surface area contributed by atoms with Gasteiger partial charge in [0.25, 0.3) is 0 Å². The van der Waals surface area contributed by atoms with Crippen LogP contribution >= 0.6 is 0 Å². The Balaban J connectivity index is 1.93. The number of rotatable bonds is 2.